The standard InChI is InChI=1S/C24H23FN8O/c1-13-5-7-22(30-29-13)27-19-11-20-21(10-18(19)25)32(12-26-20)23-8-6-17(16(4)34)24(28-23)33-15(3)9-14(2)31-33/h5-12,16,34H,1-4H3,(H,27,30). The summed E-state index contributed by atoms with van der Waals surface area (Å²) >= 11 is 0. The summed E-state index contributed by atoms with van der Waals surface area (Å²) in [5.41, 5.74) is 4.52. The molecule has 0 aliphatic carbocycles. The molecule has 0 bridgehead atoms. The Morgan fingerprint density at radius 2 is 1.82 bits per heavy atom. The molecule has 0 amide bonds. The van der Waals surface area contributed by atoms with Crippen molar-refractivity contribution in [3.05, 3.63) is 77.3 Å². The summed E-state index contributed by atoms with van der Waals surface area (Å²) in [6.45, 7) is 7.34. The van der Waals surface area contributed by atoms with E-state index in [1.165, 1.54) is 6.07 Å². The number of benzene rings is 1. The first-order valence-electron chi connectivity index (χ1n) is 10.8. The molecule has 4 heterocycles. The average molecular weight is 459 g/mol. The van der Waals surface area contributed by atoms with Crippen molar-refractivity contribution in [1.82, 2.24) is 34.5 Å². The van der Waals surface area contributed by atoms with Crippen molar-refractivity contribution in [3.8, 4) is 11.6 Å². The first-order chi connectivity index (χ1) is 16.3. The summed E-state index contributed by atoms with van der Waals surface area (Å²) in [5, 5.41) is 25.8. The van der Waals surface area contributed by atoms with Crippen LogP contribution in [0.25, 0.3) is 22.7 Å². The Bertz CT molecular complexity index is 1500. The molecule has 1 atom stereocenters. The molecule has 0 radical (unpaired) electrons. The SMILES string of the molecule is Cc1ccc(Nc2cc3ncn(-c4ccc(C(C)O)c(-n5nc(C)cc5C)n4)c3cc2F)nn1. The Kier molecular flexibility index (Phi) is 5.29. The van der Waals surface area contributed by atoms with Crippen molar-refractivity contribution < 1.29 is 9.50 Å². The largest absolute Gasteiger partial charge is 0.389 e. The van der Waals surface area contributed by atoms with E-state index in [9.17, 15) is 5.11 Å². The number of aliphatic hydroxyl groups is 1. The molecule has 0 spiro atoms. The van der Waals surface area contributed by atoms with Gasteiger partial charge in [-0.3, -0.25) is 4.57 Å². The van der Waals surface area contributed by atoms with Gasteiger partial charge < -0.3 is 10.4 Å². The molecular weight excluding hydrogens is 435 g/mol. The second kappa shape index (κ2) is 8.31. The van der Waals surface area contributed by atoms with Gasteiger partial charge in [-0.25, -0.2) is 19.0 Å². The number of imidazole rings is 1. The van der Waals surface area contributed by atoms with Gasteiger partial charge in [0.1, 0.15) is 18.0 Å². The van der Waals surface area contributed by atoms with E-state index >= 15 is 4.39 Å². The van der Waals surface area contributed by atoms with Crippen LogP contribution in [0.3, 0.4) is 0 Å². The lowest BCUT2D eigenvalue weighted by atomic mass is 10.1. The van der Waals surface area contributed by atoms with Crippen LogP contribution in [0.15, 0.2) is 48.8 Å². The number of hydrogen-bond donors (Lipinski definition) is 2. The second-order valence-electron chi connectivity index (χ2n) is 8.22. The molecule has 0 aliphatic heterocycles. The van der Waals surface area contributed by atoms with Gasteiger partial charge in [-0.05, 0) is 64.1 Å². The monoisotopic (exact) mass is 458 g/mol. The fraction of sp³-hybridized carbons (Fsp3) is 0.208. The Morgan fingerprint density at radius 1 is 1.00 bits per heavy atom. The summed E-state index contributed by atoms with van der Waals surface area (Å²) < 4.78 is 18.4. The second-order valence-corrected chi connectivity index (χ2v) is 8.22. The predicted molar refractivity (Wildman–Crippen MR) is 126 cm³/mol. The molecule has 9 nitrogen and oxygen atoms in total. The zero-order chi connectivity index (χ0) is 24.0. The number of halogens is 1. The molecule has 0 aliphatic rings. The number of aryl methyl sites for hydroxylation is 3. The lowest BCUT2D eigenvalue weighted by molar-refractivity contribution is 0.198. The zero-order valence-corrected chi connectivity index (χ0v) is 19.2. The van der Waals surface area contributed by atoms with Gasteiger partial charge in [0.2, 0.25) is 0 Å². The molecule has 5 rings (SSSR count). The van der Waals surface area contributed by atoms with E-state index < -0.39 is 11.9 Å². The van der Waals surface area contributed by atoms with Crippen molar-refractivity contribution >= 4 is 22.5 Å². The molecule has 4 aromatic heterocycles. The van der Waals surface area contributed by atoms with Gasteiger partial charge in [-0.1, -0.05) is 0 Å². The van der Waals surface area contributed by atoms with Crippen LogP contribution >= 0.6 is 0 Å². The van der Waals surface area contributed by atoms with Crippen LogP contribution in [0.1, 0.15) is 35.7 Å². The Hall–Kier alpha value is -4.18. The van der Waals surface area contributed by atoms with Gasteiger partial charge in [0.15, 0.2) is 11.6 Å². The third kappa shape index (κ3) is 3.88. The topological polar surface area (TPSA) is 107 Å². The first-order valence-corrected chi connectivity index (χ1v) is 10.8. The number of pyridine rings is 1. The normalized spacial score (nSPS) is 12.3. The number of fused-ring (bicyclic) bond motifs is 1. The minimum absolute atomic E-state index is 0.247. The summed E-state index contributed by atoms with van der Waals surface area (Å²) in [7, 11) is 0. The highest BCUT2D eigenvalue weighted by molar-refractivity contribution is 5.82. The molecule has 0 saturated carbocycles. The highest BCUT2D eigenvalue weighted by Crippen LogP contribution is 2.28. The van der Waals surface area contributed by atoms with E-state index in [1.54, 1.807) is 52.8 Å². The number of rotatable bonds is 5. The van der Waals surface area contributed by atoms with Crippen molar-refractivity contribution in [1.29, 1.82) is 0 Å². The number of nitrogens with zero attached hydrogens (tertiary/aromatic N) is 7. The number of aliphatic hydroxyl groups excluding tert-OH is 1. The maximum absolute atomic E-state index is 15.0. The average Bonchev–Trinajstić information content (AvgIpc) is 3.36. The van der Waals surface area contributed by atoms with Crippen molar-refractivity contribution in [3.63, 3.8) is 0 Å². The lowest BCUT2D eigenvalue weighted by Crippen LogP contribution is -2.10. The summed E-state index contributed by atoms with van der Waals surface area (Å²) in [6.07, 6.45) is 0.852. The summed E-state index contributed by atoms with van der Waals surface area (Å²) in [4.78, 5) is 9.21. The molecule has 1 unspecified atom stereocenters. The number of nitrogens with one attached hydrogen (secondary N) is 1. The highest BCUT2D eigenvalue weighted by Gasteiger charge is 2.18. The molecule has 34 heavy (non-hydrogen) atoms. The maximum Gasteiger partial charge on any atom is 0.161 e. The molecule has 0 saturated heterocycles. The predicted octanol–water partition coefficient (Wildman–Crippen LogP) is 4.26. The van der Waals surface area contributed by atoms with Crippen LogP contribution < -0.4 is 5.32 Å². The van der Waals surface area contributed by atoms with Crippen LogP contribution in [0, 0.1) is 26.6 Å². The van der Waals surface area contributed by atoms with Crippen LogP contribution in [-0.2, 0) is 0 Å². The molecule has 10 heteroatoms. The lowest BCUT2D eigenvalue weighted by Gasteiger charge is -2.15. The van der Waals surface area contributed by atoms with E-state index in [0.29, 0.717) is 34.1 Å². The van der Waals surface area contributed by atoms with Crippen LogP contribution in [0.5, 0.6) is 0 Å². The van der Waals surface area contributed by atoms with E-state index in [4.69, 9.17) is 4.98 Å². The highest BCUT2D eigenvalue weighted by atomic mass is 19.1. The van der Waals surface area contributed by atoms with Gasteiger partial charge in [-0.15, -0.1) is 5.10 Å². The molecule has 1 aromatic carbocycles. The number of anilines is 2. The Labute approximate surface area is 194 Å². The smallest absolute Gasteiger partial charge is 0.161 e. The van der Waals surface area contributed by atoms with Gasteiger partial charge in [-0.2, -0.15) is 10.2 Å². The van der Waals surface area contributed by atoms with Gasteiger partial charge in [0, 0.05) is 17.3 Å². The molecule has 5 aromatic rings. The van der Waals surface area contributed by atoms with Crippen LogP contribution in [-0.4, -0.2) is 39.6 Å². The van der Waals surface area contributed by atoms with E-state index in [1.807, 2.05) is 26.8 Å². The summed E-state index contributed by atoms with van der Waals surface area (Å²) in [6, 6.07) is 12.1. The van der Waals surface area contributed by atoms with Gasteiger partial charge in [0.05, 0.1) is 34.2 Å². The Morgan fingerprint density at radius 3 is 2.50 bits per heavy atom. The fourth-order valence-electron chi connectivity index (χ4n) is 3.83. The molecule has 172 valence electrons. The third-order valence-corrected chi connectivity index (χ3v) is 5.49. The quantitative estimate of drug-likeness (QED) is 0.405. The van der Waals surface area contributed by atoms with Crippen LogP contribution in [0.2, 0.25) is 0 Å². The minimum Gasteiger partial charge on any atom is -0.389 e. The molecular formula is C24H23FN8O. The maximum atomic E-state index is 15.0. The zero-order valence-electron chi connectivity index (χ0n) is 19.2. The van der Waals surface area contributed by atoms with Crippen molar-refractivity contribution in [2.45, 2.75) is 33.8 Å². The van der Waals surface area contributed by atoms with Crippen molar-refractivity contribution in [2.24, 2.45) is 0 Å². The minimum atomic E-state index is -0.740. The van der Waals surface area contributed by atoms with Crippen molar-refractivity contribution in [2.75, 3.05) is 5.32 Å². The molecule has 0 fully saturated rings. The fourth-order valence-corrected chi connectivity index (χ4v) is 3.83. The van der Waals surface area contributed by atoms with E-state index in [-0.39, 0.29) is 5.69 Å². The van der Waals surface area contributed by atoms with Crippen LogP contribution in [0.4, 0.5) is 15.9 Å². The number of aromatic nitrogens is 7. The number of hydrogen-bond acceptors (Lipinski definition) is 7. The van der Waals surface area contributed by atoms with Gasteiger partial charge >= 0.3 is 0 Å². The van der Waals surface area contributed by atoms with E-state index in [2.05, 4.69) is 25.6 Å². The van der Waals surface area contributed by atoms with E-state index in [0.717, 1.165) is 17.1 Å². The molecule has 2 N–H and O–H groups in total. The third-order valence-electron chi connectivity index (χ3n) is 5.49. The summed E-state index contributed by atoms with van der Waals surface area (Å²) in [5.74, 6) is 1.01. The first kappa shape index (κ1) is 21.7. The van der Waals surface area contributed by atoms with Gasteiger partial charge in [0.25, 0.3) is 0 Å². The Balaban J connectivity index is 1.58.